The first-order valence-electron chi connectivity index (χ1n) is 11.1. The molecule has 2 heterocycles. The Balaban J connectivity index is 1.37. The maximum atomic E-state index is 13.4. The Morgan fingerprint density at radius 3 is 2.10 bits per heavy atom. The van der Waals surface area contributed by atoms with Crippen LogP contribution in [0.15, 0.2) is 78.9 Å². The Bertz CT molecular complexity index is 1120. The number of hydrogen-bond donors (Lipinski definition) is 0. The van der Waals surface area contributed by atoms with E-state index in [1.165, 1.54) is 22.3 Å². The molecular weight excluding hydrogens is 368 g/mol. The molecule has 2 atom stereocenters. The molecule has 0 saturated carbocycles. The monoisotopic (exact) mass is 392 g/mol. The number of anilines is 1. The van der Waals surface area contributed by atoms with Gasteiger partial charge >= 0.3 is 6.03 Å². The topological polar surface area (TPSA) is 23.6 Å². The van der Waals surface area contributed by atoms with Gasteiger partial charge in [-0.25, -0.2) is 4.79 Å². The van der Waals surface area contributed by atoms with E-state index in [0.29, 0.717) is 11.8 Å². The third-order valence-electron chi connectivity index (χ3n) is 8.20. The molecule has 3 aromatic rings. The fourth-order valence-corrected chi connectivity index (χ4v) is 7.06. The highest BCUT2D eigenvalue weighted by molar-refractivity contribution is 5.95. The molecule has 0 radical (unpaired) electrons. The number of fused-ring (bicyclic) bond motifs is 1. The summed E-state index contributed by atoms with van der Waals surface area (Å²) in [6.45, 7) is 1.65. The maximum Gasteiger partial charge on any atom is 0.324 e. The van der Waals surface area contributed by atoms with Gasteiger partial charge in [0.05, 0.1) is 6.04 Å². The number of rotatable bonds is 1. The molecule has 0 unspecified atom stereocenters. The minimum absolute atomic E-state index is 0.0378. The van der Waals surface area contributed by atoms with E-state index in [9.17, 15) is 4.79 Å². The van der Waals surface area contributed by atoms with E-state index in [2.05, 4.69) is 65.6 Å². The molecule has 1 spiro atoms. The zero-order valence-corrected chi connectivity index (χ0v) is 16.9. The van der Waals surface area contributed by atoms with Crippen LogP contribution in [0.2, 0.25) is 0 Å². The summed E-state index contributed by atoms with van der Waals surface area (Å²) < 4.78 is 0. The fourth-order valence-electron chi connectivity index (χ4n) is 7.06. The van der Waals surface area contributed by atoms with E-state index in [-0.39, 0.29) is 17.5 Å². The molecule has 148 valence electrons. The summed E-state index contributed by atoms with van der Waals surface area (Å²) in [4.78, 5) is 17.5. The standard InChI is InChI=1S/C27H24N2O/c30-26-28-16-18-14-23-21-10-4-6-12-24(21)27(18,25-13-7-5-11-22(23)25)15-20(28)17-29(26)19-8-2-1-3-9-19/h1-13,18,20,23H,14-17H2/t18-,20-,23?,27?/m1/s1. The molecule has 3 aliphatic carbocycles. The van der Waals surface area contributed by atoms with Gasteiger partial charge in [0.15, 0.2) is 0 Å². The summed E-state index contributed by atoms with van der Waals surface area (Å²) in [5.74, 6) is 0.951. The first kappa shape index (κ1) is 16.7. The largest absolute Gasteiger partial charge is 0.324 e. The minimum Gasteiger partial charge on any atom is -0.319 e. The normalized spacial score (nSPS) is 30.5. The summed E-state index contributed by atoms with van der Waals surface area (Å²) in [6, 6.07) is 28.8. The molecule has 2 aliphatic heterocycles. The number of amides is 2. The van der Waals surface area contributed by atoms with Crippen molar-refractivity contribution in [1.82, 2.24) is 4.90 Å². The van der Waals surface area contributed by atoms with Crippen molar-refractivity contribution in [3.63, 3.8) is 0 Å². The maximum absolute atomic E-state index is 13.4. The van der Waals surface area contributed by atoms with Crippen LogP contribution >= 0.6 is 0 Å². The molecule has 2 amide bonds. The Hall–Kier alpha value is -3.07. The van der Waals surface area contributed by atoms with Gasteiger partial charge in [-0.05, 0) is 53.1 Å². The van der Waals surface area contributed by atoms with Crippen molar-refractivity contribution in [3.05, 3.63) is 101 Å². The molecule has 3 aromatic carbocycles. The lowest BCUT2D eigenvalue weighted by Crippen LogP contribution is -2.59. The highest BCUT2D eigenvalue weighted by Crippen LogP contribution is 2.63. The second-order valence-corrected chi connectivity index (χ2v) is 9.37. The van der Waals surface area contributed by atoms with Gasteiger partial charge in [0.25, 0.3) is 0 Å². The molecule has 2 saturated heterocycles. The van der Waals surface area contributed by atoms with Crippen LogP contribution in [-0.2, 0) is 5.41 Å². The smallest absolute Gasteiger partial charge is 0.319 e. The number of piperidine rings is 1. The molecule has 3 heteroatoms. The number of benzene rings is 3. The SMILES string of the molecule is O=C1N(c2ccccc2)C[C@H]2CC34c5ccccc5C(C[C@@H]3CN12)c1ccccc14. The Labute approximate surface area is 176 Å². The second-order valence-electron chi connectivity index (χ2n) is 9.37. The van der Waals surface area contributed by atoms with Crippen molar-refractivity contribution < 1.29 is 4.79 Å². The lowest BCUT2D eigenvalue weighted by molar-refractivity contribution is 0.0819. The average Bonchev–Trinajstić information content (AvgIpc) is 3.13. The van der Waals surface area contributed by atoms with Crippen molar-refractivity contribution in [2.45, 2.75) is 30.2 Å². The average molecular weight is 393 g/mol. The van der Waals surface area contributed by atoms with Crippen LogP contribution in [-0.4, -0.2) is 30.1 Å². The van der Waals surface area contributed by atoms with E-state index in [1.54, 1.807) is 0 Å². The van der Waals surface area contributed by atoms with Gasteiger partial charge in [-0.1, -0.05) is 66.7 Å². The van der Waals surface area contributed by atoms with Crippen LogP contribution in [0.3, 0.4) is 0 Å². The highest BCUT2D eigenvalue weighted by Gasteiger charge is 2.60. The molecule has 0 N–H and O–H groups in total. The van der Waals surface area contributed by atoms with Crippen molar-refractivity contribution in [3.8, 4) is 0 Å². The lowest BCUT2D eigenvalue weighted by Gasteiger charge is -2.59. The van der Waals surface area contributed by atoms with Gasteiger partial charge in [-0.3, -0.25) is 4.90 Å². The zero-order valence-electron chi connectivity index (χ0n) is 16.9. The number of hydrogen-bond acceptors (Lipinski definition) is 1. The third kappa shape index (κ3) is 1.93. The predicted molar refractivity (Wildman–Crippen MR) is 118 cm³/mol. The van der Waals surface area contributed by atoms with Crippen LogP contribution in [0.1, 0.15) is 41.0 Å². The van der Waals surface area contributed by atoms with Crippen LogP contribution in [0.5, 0.6) is 0 Å². The van der Waals surface area contributed by atoms with Gasteiger partial charge in [-0.15, -0.1) is 0 Å². The summed E-state index contributed by atoms with van der Waals surface area (Å²) in [7, 11) is 0. The van der Waals surface area contributed by atoms with E-state index < -0.39 is 0 Å². The van der Waals surface area contributed by atoms with E-state index in [0.717, 1.165) is 31.6 Å². The van der Waals surface area contributed by atoms with Gasteiger partial charge in [0, 0.05) is 30.1 Å². The van der Waals surface area contributed by atoms with Gasteiger partial charge < -0.3 is 4.90 Å². The highest BCUT2D eigenvalue weighted by atomic mass is 16.2. The molecule has 3 nitrogen and oxygen atoms in total. The number of carbonyl (C=O) groups is 1. The zero-order chi connectivity index (χ0) is 19.9. The van der Waals surface area contributed by atoms with E-state index in [4.69, 9.17) is 0 Å². The first-order chi connectivity index (χ1) is 14.8. The van der Waals surface area contributed by atoms with Crippen LogP contribution < -0.4 is 4.90 Å². The second kappa shape index (κ2) is 5.75. The summed E-state index contributed by atoms with van der Waals surface area (Å²) >= 11 is 0. The molecule has 30 heavy (non-hydrogen) atoms. The van der Waals surface area contributed by atoms with Gasteiger partial charge in [0.2, 0.25) is 0 Å². The molecule has 2 fully saturated rings. The predicted octanol–water partition coefficient (Wildman–Crippen LogP) is 5.15. The fraction of sp³-hybridized carbons (Fsp3) is 0.296. The Morgan fingerprint density at radius 2 is 1.40 bits per heavy atom. The Kier molecular flexibility index (Phi) is 3.20. The molecule has 5 aliphatic rings. The summed E-state index contributed by atoms with van der Waals surface area (Å²) in [6.07, 6.45) is 2.17. The Morgan fingerprint density at radius 1 is 0.767 bits per heavy atom. The minimum atomic E-state index is 0.0378. The van der Waals surface area contributed by atoms with Gasteiger partial charge in [-0.2, -0.15) is 0 Å². The molecule has 0 aromatic heterocycles. The third-order valence-corrected chi connectivity index (χ3v) is 8.20. The van der Waals surface area contributed by atoms with Gasteiger partial charge in [0.1, 0.15) is 0 Å². The van der Waals surface area contributed by atoms with Crippen molar-refractivity contribution in [2.75, 3.05) is 18.0 Å². The summed E-state index contributed by atoms with van der Waals surface area (Å²) in [5, 5.41) is 0. The van der Waals surface area contributed by atoms with E-state index >= 15 is 0 Å². The number of carbonyl (C=O) groups excluding carboxylic acids is 1. The molecule has 8 rings (SSSR count). The molecular formula is C27H24N2O. The summed E-state index contributed by atoms with van der Waals surface area (Å²) in [5.41, 5.74) is 7.14. The quantitative estimate of drug-likeness (QED) is 0.562. The van der Waals surface area contributed by atoms with Crippen molar-refractivity contribution in [2.24, 2.45) is 5.92 Å². The van der Waals surface area contributed by atoms with Crippen LogP contribution in [0.25, 0.3) is 0 Å². The van der Waals surface area contributed by atoms with Crippen LogP contribution in [0, 0.1) is 5.92 Å². The molecule has 2 bridgehead atoms. The lowest BCUT2D eigenvalue weighted by atomic mass is 9.48. The first-order valence-corrected chi connectivity index (χ1v) is 11.1. The number of nitrogens with zero attached hydrogens (tertiary/aromatic N) is 2. The van der Waals surface area contributed by atoms with Crippen molar-refractivity contribution >= 4 is 11.7 Å². The number of urea groups is 1. The van der Waals surface area contributed by atoms with E-state index in [1.807, 2.05) is 23.1 Å². The van der Waals surface area contributed by atoms with Crippen molar-refractivity contribution in [1.29, 1.82) is 0 Å². The van der Waals surface area contributed by atoms with Crippen LogP contribution in [0.4, 0.5) is 10.5 Å². The number of para-hydroxylation sites is 1.